The van der Waals surface area contributed by atoms with E-state index in [1.165, 1.54) is 0 Å². The maximum atomic E-state index is 12.5. The number of rotatable bonds is 6. The molecule has 5 nitrogen and oxygen atoms in total. The lowest BCUT2D eigenvalue weighted by Crippen LogP contribution is -2.27. The van der Waals surface area contributed by atoms with Gasteiger partial charge >= 0.3 is 0 Å². The van der Waals surface area contributed by atoms with Crippen LogP contribution in [0.25, 0.3) is 0 Å². The van der Waals surface area contributed by atoms with Gasteiger partial charge in [-0.1, -0.05) is 25.0 Å². The van der Waals surface area contributed by atoms with E-state index in [0.717, 1.165) is 48.4 Å². The summed E-state index contributed by atoms with van der Waals surface area (Å²) in [6, 6.07) is 15.5. The maximum Gasteiger partial charge on any atom is 0.238 e. The van der Waals surface area contributed by atoms with Gasteiger partial charge < -0.3 is 10.1 Å². The van der Waals surface area contributed by atoms with Crippen molar-refractivity contribution in [2.45, 2.75) is 38.0 Å². The van der Waals surface area contributed by atoms with E-state index in [2.05, 4.69) is 5.32 Å². The first-order valence-electron chi connectivity index (χ1n) is 10.2. The highest BCUT2D eigenvalue weighted by molar-refractivity contribution is 8.00. The number of nitrogens with zero attached hydrogens (tertiary/aromatic N) is 1. The van der Waals surface area contributed by atoms with Gasteiger partial charge in [-0.05, 0) is 61.7 Å². The summed E-state index contributed by atoms with van der Waals surface area (Å²) < 4.78 is 5.50. The average molecular weight is 411 g/mol. The van der Waals surface area contributed by atoms with Crippen molar-refractivity contribution in [3.63, 3.8) is 0 Å². The van der Waals surface area contributed by atoms with Crippen molar-refractivity contribution < 1.29 is 14.3 Å². The molecule has 6 heteroatoms. The van der Waals surface area contributed by atoms with Gasteiger partial charge in [0, 0.05) is 17.3 Å². The first-order chi connectivity index (χ1) is 14.2. The second-order valence-electron chi connectivity index (χ2n) is 7.45. The number of ether oxygens (including phenoxy) is 1. The zero-order valence-electron chi connectivity index (χ0n) is 16.6. The molecule has 152 valence electrons. The Morgan fingerprint density at radius 2 is 1.79 bits per heavy atom. The summed E-state index contributed by atoms with van der Waals surface area (Å²) in [5.41, 5.74) is 2.73. The number of anilines is 2. The van der Waals surface area contributed by atoms with Crippen molar-refractivity contribution in [2.24, 2.45) is 5.92 Å². The molecule has 1 heterocycles. The fourth-order valence-electron chi connectivity index (χ4n) is 3.98. The molecule has 2 fully saturated rings. The van der Waals surface area contributed by atoms with Crippen LogP contribution in [0.2, 0.25) is 0 Å². The second kappa shape index (κ2) is 8.91. The molecule has 0 aromatic heterocycles. The zero-order chi connectivity index (χ0) is 20.2. The van der Waals surface area contributed by atoms with E-state index in [1.807, 2.05) is 60.4 Å². The van der Waals surface area contributed by atoms with Crippen LogP contribution in [0.1, 0.15) is 43.5 Å². The fourth-order valence-corrected chi connectivity index (χ4v) is 5.16. The average Bonchev–Trinajstić information content (AvgIpc) is 3.40. The van der Waals surface area contributed by atoms with E-state index in [9.17, 15) is 9.59 Å². The van der Waals surface area contributed by atoms with E-state index in [0.29, 0.717) is 12.4 Å². The van der Waals surface area contributed by atoms with Crippen LogP contribution >= 0.6 is 11.8 Å². The van der Waals surface area contributed by atoms with Gasteiger partial charge in [0.1, 0.15) is 11.1 Å². The summed E-state index contributed by atoms with van der Waals surface area (Å²) in [6.45, 7) is 2.56. The molecular weight excluding hydrogens is 384 g/mol. The Morgan fingerprint density at radius 1 is 1.10 bits per heavy atom. The summed E-state index contributed by atoms with van der Waals surface area (Å²) >= 11 is 1.62. The van der Waals surface area contributed by atoms with Crippen LogP contribution in [0.15, 0.2) is 48.5 Å². The van der Waals surface area contributed by atoms with Gasteiger partial charge in [-0.25, -0.2) is 0 Å². The fraction of sp³-hybridized carbons (Fsp3) is 0.391. The molecule has 1 N–H and O–H groups in total. The van der Waals surface area contributed by atoms with Gasteiger partial charge in [0.15, 0.2) is 0 Å². The van der Waals surface area contributed by atoms with Gasteiger partial charge in [-0.2, -0.15) is 0 Å². The summed E-state index contributed by atoms with van der Waals surface area (Å²) in [7, 11) is 0. The topological polar surface area (TPSA) is 58.6 Å². The molecule has 1 aliphatic heterocycles. The molecule has 0 spiro atoms. The lowest BCUT2D eigenvalue weighted by atomic mass is 10.1. The predicted molar refractivity (Wildman–Crippen MR) is 117 cm³/mol. The number of hydrogen-bond donors (Lipinski definition) is 1. The summed E-state index contributed by atoms with van der Waals surface area (Å²) in [5.74, 6) is 1.62. The number of thioether (sulfide) groups is 1. The lowest BCUT2D eigenvalue weighted by Gasteiger charge is -2.24. The molecule has 0 unspecified atom stereocenters. The quantitative estimate of drug-likeness (QED) is 0.729. The molecule has 0 radical (unpaired) electrons. The van der Waals surface area contributed by atoms with Crippen molar-refractivity contribution in [1.82, 2.24) is 0 Å². The van der Waals surface area contributed by atoms with Gasteiger partial charge in [0.25, 0.3) is 0 Å². The minimum atomic E-state index is -0.0694. The molecule has 2 aromatic carbocycles. The minimum absolute atomic E-state index is 0.0694. The normalized spacial score (nSPS) is 19.6. The first kappa shape index (κ1) is 19.8. The van der Waals surface area contributed by atoms with Gasteiger partial charge in [0.05, 0.1) is 12.4 Å². The number of carbonyl (C=O) groups excluding carboxylic acids is 2. The Kier molecular flexibility index (Phi) is 6.09. The van der Waals surface area contributed by atoms with Crippen LogP contribution in [0.5, 0.6) is 5.75 Å². The van der Waals surface area contributed by atoms with Crippen molar-refractivity contribution in [2.75, 3.05) is 22.6 Å². The molecule has 1 aliphatic carbocycles. The molecule has 2 amide bonds. The Balaban J connectivity index is 1.47. The summed E-state index contributed by atoms with van der Waals surface area (Å²) in [4.78, 5) is 26.7. The number of benzene rings is 2. The van der Waals surface area contributed by atoms with E-state index in [-0.39, 0.29) is 23.1 Å². The van der Waals surface area contributed by atoms with Crippen LogP contribution in [0.3, 0.4) is 0 Å². The predicted octanol–water partition coefficient (Wildman–Crippen LogP) is 4.99. The van der Waals surface area contributed by atoms with Crippen LogP contribution in [-0.4, -0.2) is 24.2 Å². The van der Waals surface area contributed by atoms with E-state index in [1.54, 1.807) is 11.8 Å². The Morgan fingerprint density at radius 3 is 2.45 bits per heavy atom. The van der Waals surface area contributed by atoms with E-state index >= 15 is 0 Å². The van der Waals surface area contributed by atoms with Crippen molar-refractivity contribution >= 4 is 35.0 Å². The maximum absolute atomic E-state index is 12.5. The number of carbonyl (C=O) groups is 2. The lowest BCUT2D eigenvalue weighted by molar-refractivity contribution is -0.119. The van der Waals surface area contributed by atoms with Crippen molar-refractivity contribution in [3.05, 3.63) is 54.1 Å². The molecule has 4 rings (SSSR count). The highest BCUT2D eigenvalue weighted by Gasteiger charge is 2.34. The highest BCUT2D eigenvalue weighted by Crippen LogP contribution is 2.42. The summed E-state index contributed by atoms with van der Waals surface area (Å²) in [6.07, 6.45) is 4.26. The van der Waals surface area contributed by atoms with Crippen LogP contribution < -0.4 is 15.0 Å². The van der Waals surface area contributed by atoms with Gasteiger partial charge in [-0.15, -0.1) is 11.8 Å². The van der Waals surface area contributed by atoms with E-state index < -0.39 is 0 Å². The first-order valence-corrected chi connectivity index (χ1v) is 11.3. The number of nitrogens with one attached hydrogen (secondary N) is 1. The molecule has 2 aromatic rings. The standard InChI is InChI=1S/C23H26N2O3S/c1-2-28-20-13-11-19(12-14-20)25-21(26)15-29-23(25)17-7-9-18(10-8-17)24-22(27)16-5-3-4-6-16/h7-14,16,23H,2-6,15H2,1H3,(H,24,27)/t23-/m1/s1. The third-order valence-electron chi connectivity index (χ3n) is 5.48. The summed E-state index contributed by atoms with van der Waals surface area (Å²) in [5, 5.41) is 2.96. The molecular formula is C23H26N2O3S. The molecule has 2 aliphatic rings. The Labute approximate surface area is 175 Å². The third-order valence-corrected chi connectivity index (χ3v) is 6.70. The van der Waals surface area contributed by atoms with Gasteiger partial charge in [-0.3, -0.25) is 14.5 Å². The number of hydrogen-bond acceptors (Lipinski definition) is 4. The minimum Gasteiger partial charge on any atom is -0.494 e. The van der Waals surface area contributed by atoms with Crippen LogP contribution in [0.4, 0.5) is 11.4 Å². The molecule has 1 saturated carbocycles. The third kappa shape index (κ3) is 4.42. The highest BCUT2D eigenvalue weighted by atomic mass is 32.2. The van der Waals surface area contributed by atoms with Crippen molar-refractivity contribution in [3.8, 4) is 5.75 Å². The van der Waals surface area contributed by atoms with E-state index in [4.69, 9.17) is 4.74 Å². The monoisotopic (exact) mass is 410 g/mol. The largest absolute Gasteiger partial charge is 0.494 e. The Bertz CT molecular complexity index is 861. The molecule has 29 heavy (non-hydrogen) atoms. The van der Waals surface area contributed by atoms with Crippen LogP contribution in [-0.2, 0) is 9.59 Å². The number of amides is 2. The van der Waals surface area contributed by atoms with Gasteiger partial charge in [0.2, 0.25) is 11.8 Å². The molecule has 1 atom stereocenters. The zero-order valence-corrected chi connectivity index (χ0v) is 17.4. The second-order valence-corrected chi connectivity index (χ2v) is 8.52. The molecule has 1 saturated heterocycles. The Hall–Kier alpha value is -2.47. The van der Waals surface area contributed by atoms with Crippen LogP contribution in [0, 0.1) is 5.92 Å². The smallest absolute Gasteiger partial charge is 0.238 e. The SMILES string of the molecule is CCOc1ccc(N2C(=O)CS[C@@H]2c2ccc(NC(=O)C3CCCC3)cc2)cc1. The molecule has 0 bridgehead atoms. The van der Waals surface area contributed by atoms with Crippen molar-refractivity contribution in [1.29, 1.82) is 0 Å².